The van der Waals surface area contributed by atoms with Crippen molar-refractivity contribution in [1.82, 2.24) is 4.98 Å². The third-order valence-electron chi connectivity index (χ3n) is 4.47. The number of hydrogen-bond donors (Lipinski definition) is 1. The van der Waals surface area contributed by atoms with Crippen molar-refractivity contribution in [2.24, 2.45) is 0 Å². The normalized spacial score (nSPS) is 12.6. The monoisotopic (exact) mass is 407 g/mol. The largest absolute Gasteiger partial charge is 0.464 e. The second-order valence-corrected chi connectivity index (χ2v) is 13.3. The summed E-state index contributed by atoms with van der Waals surface area (Å²) in [6.07, 6.45) is 0. The van der Waals surface area contributed by atoms with Crippen LogP contribution in [0.15, 0.2) is 6.07 Å². The highest BCUT2D eigenvalue weighted by Crippen LogP contribution is 2.41. The number of aromatic amines is 1. The second-order valence-electron chi connectivity index (χ2n) is 6.29. The highest BCUT2D eigenvalue weighted by Gasteiger charge is 2.47. The third kappa shape index (κ3) is 2.84. The molecule has 0 unspecified atom stereocenters. The number of rotatable bonds is 5. The Kier molecular flexibility index (Phi) is 5.89. The Morgan fingerprint density at radius 1 is 1.15 bits per heavy atom. The van der Waals surface area contributed by atoms with Crippen molar-refractivity contribution in [2.45, 2.75) is 58.2 Å². The van der Waals surface area contributed by atoms with Crippen molar-refractivity contribution < 1.29 is 9.53 Å². The first-order chi connectivity index (χ1) is 9.19. The van der Waals surface area contributed by atoms with E-state index < -0.39 is 8.07 Å². The lowest BCUT2D eigenvalue weighted by atomic mass is 10.4. The van der Waals surface area contributed by atoms with Crippen LogP contribution in [0.1, 0.15) is 52.0 Å². The number of H-pyrrole nitrogens is 1. The van der Waals surface area contributed by atoms with E-state index >= 15 is 0 Å². The minimum atomic E-state index is -1.76. The Hall–Kier alpha value is -0.303. The highest BCUT2D eigenvalue weighted by molar-refractivity contribution is 14.1. The molecule has 0 fully saturated rings. The van der Waals surface area contributed by atoms with Crippen LogP contribution in [0.2, 0.25) is 16.6 Å². The molecule has 114 valence electrons. The fourth-order valence-electron chi connectivity index (χ4n) is 3.83. The molecule has 1 rings (SSSR count). The lowest BCUT2D eigenvalue weighted by molar-refractivity contribution is 0.0595. The molecular formula is C15H26INO2Si. The maximum atomic E-state index is 11.8. The van der Waals surface area contributed by atoms with Crippen LogP contribution in [0.4, 0.5) is 0 Å². The molecule has 0 amide bonds. The number of hydrogen-bond acceptors (Lipinski definition) is 2. The fraction of sp³-hybridized carbons (Fsp3) is 0.667. The van der Waals surface area contributed by atoms with Gasteiger partial charge in [-0.1, -0.05) is 41.5 Å². The zero-order chi connectivity index (χ0) is 15.7. The van der Waals surface area contributed by atoms with Crippen LogP contribution in [0.3, 0.4) is 0 Å². The van der Waals surface area contributed by atoms with Crippen LogP contribution >= 0.6 is 22.6 Å². The van der Waals surface area contributed by atoms with Crippen molar-refractivity contribution >= 4 is 42.0 Å². The number of methoxy groups -OCH3 is 1. The molecule has 0 aliphatic heterocycles. The van der Waals surface area contributed by atoms with Gasteiger partial charge in [-0.05, 0) is 45.3 Å². The molecule has 1 aromatic heterocycles. The molecule has 20 heavy (non-hydrogen) atoms. The van der Waals surface area contributed by atoms with E-state index in [4.69, 9.17) is 4.74 Å². The average Bonchev–Trinajstić information content (AvgIpc) is 2.70. The van der Waals surface area contributed by atoms with E-state index in [-0.39, 0.29) is 5.97 Å². The molecule has 0 atom stereocenters. The molecule has 5 heteroatoms. The first-order valence-electron chi connectivity index (χ1n) is 7.16. The van der Waals surface area contributed by atoms with Gasteiger partial charge in [0, 0.05) is 8.89 Å². The van der Waals surface area contributed by atoms with Crippen molar-refractivity contribution in [3.63, 3.8) is 0 Å². The third-order valence-corrected chi connectivity index (χ3v) is 12.8. The molecule has 1 N–H and O–H groups in total. The van der Waals surface area contributed by atoms with Gasteiger partial charge >= 0.3 is 5.97 Å². The maximum absolute atomic E-state index is 11.8. The van der Waals surface area contributed by atoms with Crippen LogP contribution in [-0.4, -0.2) is 26.1 Å². The lowest BCUT2D eigenvalue weighted by Gasteiger charge is -2.42. The van der Waals surface area contributed by atoms with E-state index in [2.05, 4.69) is 69.1 Å². The van der Waals surface area contributed by atoms with Crippen LogP contribution in [0.25, 0.3) is 0 Å². The molecule has 0 radical (unpaired) electrons. The summed E-state index contributed by atoms with van der Waals surface area (Å²) in [4.78, 5) is 15.2. The smallest absolute Gasteiger partial charge is 0.354 e. The van der Waals surface area contributed by atoms with Gasteiger partial charge in [0.1, 0.15) is 13.8 Å². The summed E-state index contributed by atoms with van der Waals surface area (Å²) in [6, 6.07) is 1.93. The van der Waals surface area contributed by atoms with E-state index in [9.17, 15) is 4.79 Å². The number of carbonyl (C=O) groups is 1. The summed E-state index contributed by atoms with van der Waals surface area (Å²) in [5.74, 6) is -0.284. The van der Waals surface area contributed by atoms with Crippen LogP contribution < -0.4 is 5.32 Å². The first-order valence-corrected chi connectivity index (χ1v) is 10.5. The van der Waals surface area contributed by atoms with E-state index in [0.717, 1.165) is 0 Å². The van der Waals surface area contributed by atoms with Gasteiger partial charge in [0.05, 0.1) is 7.11 Å². The number of halogens is 1. The molecule has 3 nitrogen and oxygen atoms in total. The van der Waals surface area contributed by atoms with Crippen LogP contribution in [-0.2, 0) is 4.74 Å². The summed E-state index contributed by atoms with van der Waals surface area (Å²) >= 11 is 2.35. The molecule has 0 bridgehead atoms. The Labute approximate surface area is 137 Å². The van der Waals surface area contributed by atoms with Gasteiger partial charge in [-0.3, -0.25) is 0 Å². The minimum absolute atomic E-state index is 0.284. The molecule has 0 aliphatic rings. The number of ether oxygens (including phenoxy) is 1. The van der Waals surface area contributed by atoms with Crippen molar-refractivity contribution in [2.75, 3.05) is 7.11 Å². The first kappa shape index (κ1) is 17.7. The molecule has 1 aromatic rings. The lowest BCUT2D eigenvalue weighted by Crippen LogP contribution is -2.57. The van der Waals surface area contributed by atoms with Crippen LogP contribution in [0, 0.1) is 3.57 Å². The quantitative estimate of drug-likeness (QED) is 0.450. The summed E-state index contributed by atoms with van der Waals surface area (Å²) < 4.78 is 6.01. The molecular weight excluding hydrogens is 381 g/mol. The molecule has 0 saturated heterocycles. The van der Waals surface area contributed by atoms with Gasteiger partial charge in [-0.2, -0.15) is 0 Å². The highest BCUT2D eigenvalue weighted by atomic mass is 127. The molecule has 0 spiro atoms. The van der Waals surface area contributed by atoms with E-state index in [1.807, 2.05) is 6.07 Å². The number of esters is 1. The Bertz CT molecular complexity index is 458. The van der Waals surface area contributed by atoms with Crippen LogP contribution in [0.5, 0.6) is 0 Å². The predicted octanol–water partition coefficient (Wildman–Crippen LogP) is 4.29. The molecule has 1 heterocycles. The van der Waals surface area contributed by atoms with E-state index in [1.54, 1.807) is 0 Å². The van der Waals surface area contributed by atoms with E-state index in [1.165, 1.54) is 16.0 Å². The number of nitrogens with one attached hydrogen (secondary N) is 1. The topological polar surface area (TPSA) is 42.1 Å². The Morgan fingerprint density at radius 2 is 1.60 bits per heavy atom. The molecule has 0 aliphatic carbocycles. The van der Waals surface area contributed by atoms with Gasteiger partial charge in [-0.25, -0.2) is 4.79 Å². The number of aromatic nitrogens is 1. The summed E-state index contributed by atoms with van der Waals surface area (Å²) in [5.41, 5.74) is 2.41. The van der Waals surface area contributed by atoms with Crippen molar-refractivity contribution in [3.8, 4) is 0 Å². The number of carbonyl (C=O) groups excluding carboxylic acids is 1. The summed E-state index contributed by atoms with van der Waals surface area (Å²) in [7, 11) is -0.333. The average molecular weight is 407 g/mol. The standard InChI is InChI=1S/C15H26INO2Si/c1-9(2)20(10(3)4,11(5)6)14-12(16)8-13(17-14)15(18)19-7/h8-11,17H,1-7H3. The maximum Gasteiger partial charge on any atom is 0.354 e. The van der Waals surface area contributed by atoms with Gasteiger partial charge in [0.25, 0.3) is 0 Å². The molecule has 0 saturated carbocycles. The van der Waals surface area contributed by atoms with Crippen molar-refractivity contribution in [3.05, 3.63) is 15.3 Å². The van der Waals surface area contributed by atoms with Gasteiger partial charge < -0.3 is 9.72 Å². The van der Waals surface area contributed by atoms with Gasteiger partial charge in [0.15, 0.2) is 0 Å². The van der Waals surface area contributed by atoms with Gasteiger partial charge in [0.2, 0.25) is 0 Å². The Morgan fingerprint density at radius 3 is 1.95 bits per heavy atom. The Balaban J connectivity index is 3.50. The predicted molar refractivity (Wildman–Crippen MR) is 95.5 cm³/mol. The zero-order valence-electron chi connectivity index (χ0n) is 13.5. The van der Waals surface area contributed by atoms with Gasteiger partial charge in [-0.15, -0.1) is 0 Å². The van der Waals surface area contributed by atoms with E-state index in [0.29, 0.717) is 22.3 Å². The molecule has 0 aromatic carbocycles. The van der Waals surface area contributed by atoms with Crippen molar-refractivity contribution in [1.29, 1.82) is 0 Å². The zero-order valence-corrected chi connectivity index (χ0v) is 16.7. The fourth-order valence-corrected chi connectivity index (χ4v) is 12.2. The summed E-state index contributed by atoms with van der Waals surface area (Å²) in [5, 5.41) is 1.30. The summed E-state index contributed by atoms with van der Waals surface area (Å²) in [6.45, 7) is 13.9. The minimum Gasteiger partial charge on any atom is -0.464 e. The SMILES string of the molecule is COC(=O)c1cc(I)c([Si](C(C)C)(C(C)C)C(C)C)[nH]1. The second kappa shape index (κ2) is 6.64.